The Labute approximate surface area is 130 Å². The summed E-state index contributed by atoms with van der Waals surface area (Å²) in [6.07, 6.45) is 1.58. The van der Waals surface area contributed by atoms with Crippen molar-refractivity contribution in [2.45, 2.75) is 6.92 Å². The molecule has 2 aromatic rings. The van der Waals surface area contributed by atoms with Gasteiger partial charge in [0, 0.05) is 25.0 Å². The number of aromatic nitrogens is 2. The SMILES string of the molecule is Cc1cccc(Nc2nccc(C(=O)NCCN(C)C)n2)c1. The van der Waals surface area contributed by atoms with Gasteiger partial charge in [0.2, 0.25) is 5.95 Å². The van der Waals surface area contributed by atoms with Crippen molar-refractivity contribution in [3.63, 3.8) is 0 Å². The van der Waals surface area contributed by atoms with Gasteiger partial charge in [0.1, 0.15) is 5.69 Å². The second-order valence-corrected chi connectivity index (χ2v) is 5.32. The molecule has 0 aliphatic heterocycles. The van der Waals surface area contributed by atoms with Crippen LogP contribution in [0.5, 0.6) is 0 Å². The van der Waals surface area contributed by atoms with Gasteiger partial charge in [-0.25, -0.2) is 9.97 Å². The van der Waals surface area contributed by atoms with Gasteiger partial charge in [0.15, 0.2) is 0 Å². The summed E-state index contributed by atoms with van der Waals surface area (Å²) in [5, 5.41) is 5.94. The zero-order valence-electron chi connectivity index (χ0n) is 13.1. The number of aryl methyl sites for hydroxylation is 1. The fraction of sp³-hybridized carbons (Fsp3) is 0.312. The number of nitrogens with one attached hydrogen (secondary N) is 2. The Morgan fingerprint density at radius 2 is 2.09 bits per heavy atom. The number of nitrogens with zero attached hydrogens (tertiary/aromatic N) is 3. The van der Waals surface area contributed by atoms with Crippen molar-refractivity contribution in [3.05, 3.63) is 47.8 Å². The van der Waals surface area contributed by atoms with E-state index in [9.17, 15) is 4.79 Å². The number of benzene rings is 1. The summed E-state index contributed by atoms with van der Waals surface area (Å²) in [4.78, 5) is 22.4. The van der Waals surface area contributed by atoms with Crippen LogP contribution in [0.25, 0.3) is 0 Å². The van der Waals surface area contributed by atoms with Crippen molar-refractivity contribution >= 4 is 17.5 Å². The van der Waals surface area contributed by atoms with Gasteiger partial charge in [-0.15, -0.1) is 0 Å². The highest BCUT2D eigenvalue weighted by Gasteiger charge is 2.08. The Morgan fingerprint density at radius 3 is 2.82 bits per heavy atom. The van der Waals surface area contributed by atoms with Crippen LogP contribution in [-0.2, 0) is 0 Å². The quantitative estimate of drug-likeness (QED) is 0.851. The molecule has 0 unspecified atom stereocenters. The number of carbonyl (C=O) groups excluding carboxylic acids is 1. The van der Waals surface area contributed by atoms with E-state index < -0.39 is 0 Å². The van der Waals surface area contributed by atoms with Gasteiger partial charge in [-0.3, -0.25) is 4.79 Å². The first-order valence-corrected chi connectivity index (χ1v) is 7.14. The van der Waals surface area contributed by atoms with Crippen LogP contribution in [0.2, 0.25) is 0 Å². The van der Waals surface area contributed by atoms with Crippen LogP contribution in [0.3, 0.4) is 0 Å². The number of carbonyl (C=O) groups is 1. The first-order chi connectivity index (χ1) is 10.5. The molecule has 2 rings (SSSR count). The lowest BCUT2D eigenvalue weighted by molar-refractivity contribution is 0.0946. The van der Waals surface area contributed by atoms with E-state index >= 15 is 0 Å². The van der Waals surface area contributed by atoms with Crippen LogP contribution in [0, 0.1) is 6.92 Å². The normalized spacial score (nSPS) is 10.5. The predicted molar refractivity (Wildman–Crippen MR) is 87.4 cm³/mol. The first-order valence-electron chi connectivity index (χ1n) is 7.14. The van der Waals surface area contributed by atoms with Crippen LogP contribution in [0.4, 0.5) is 11.6 Å². The van der Waals surface area contributed by atoms with Crippen LogP contribution >= 0.6 is 0 Å². The van der Waals surface area contributed by atoms with Gasteiger partial charge in [-0.1, -0.05) is 12.1 Å². The molecule has 6 nitrogen and oxygen atoms in total. The molecule has 1 aromatic heterocycles. The van der Waals surface area contributed by atoms with Crippen molar-refractivity contribution in [1.29, 1.82) is 0 Å². The van der Waals surface area contributed by atoms with Crippen LogP contribution in [-0.4, -0.2) is 48.0 Å². The third-order valence-electron chi connectivity index (χ3n) is 3.01. The molecular weight excluding hydrogens is 278 g/mol. The summed E-state index contributed by atoms with van der Waals surface area (Å²) in [5.74, 6) is 0.211. The molecule has 0 spiro atoms. The van der Waals surface area contributed by atoms with E-state index in [0.717, 1.165) is 17.8 Å². The van der Waals surface area contributed by atoms with Gasteiger partial charge < -0.3 is 15.5 Å². The largest absolute Gasteiger partial charge is 0.349 e. The lowest BCUT2D eigenvalue weighted by Gasteiger charge is -2.10. The number of likely N-dealkylation sites (N-methyl/N-ethyl adjacent to an activating group) is 1. The van der Waals surface area contributed by atoms with Crippen molar-refractivity contribution in [3.8, 4) is 0 Å². The molecule has 0 saturated carbocycles. The molecule has 6 heteroatoms. The first kappa shape index (κ1) is 15.9. The highest BCUT2D eigenvalue weighted by Crippen LogP contribution is 2.14. The van der Waals surface area contributed by atoms with Crippen molar-refractivity contribution in [2.24, 2.45) is 0 Å². The van der Waals surface area contributed by atoms with E-state index in [1.54, 1.807) is 12.3 Å². The van der Waals surface area contributed by atoms with Gasteiger partial charge in [0.25, 0.3) is 5.91 Å². The zero-order chi connectivity index (χ0) is 15.9. The molecule has 0 atom stereocenters. The number of anilines is 2. The van der Waals surface area contributed by atoms with Crippen LogP contribution in [0.1, 0.15) is 16.1 Å². The van der Waals surface area contributed by atoms with Crippen LogP contribution < -0.4 is 10.6 Å². The summed E-state index contributed by atoms with van der Waals surface area (Å²) < 4.78 is 0. The summed E-state index contributed by atoms with van der Waals surface area (Å²) in [5.41, 5.74) is 2.39. The summed E-state index contributed by atoms with van der Waals surface area (Å²) >= 11 is 0. The fourth-order valence-corrected chi connectivity index (χ4v) is 1.88. The third-order valence-corrected chi connectivity index (χ3v) is 3.01. The van der Waals surface area contributed by atoms with Crippen molar-refractivity contribution < 1.29 is 4.79 Å². The Hall–Kier alpha value is -2.47. The van der Waals surface area contributed by atoms with E-state index in [-0.39, 0.29) is 5.91 Å². The Morgan fingerprint density at radius 1 is 1.27 bits per heavy atom. The number of hydrogen-bond donors (Lipinski definition) is 2. The minimum absolute atomic E-state index is 0.198. The van der Waals surface area contributed by atoms with Gasteiger partial charge in [0.05, 0.1) is 0 Å². The highest BCUT2D eigenvalue weighted by atomic mass is 16.1. The lowest BCUT2D eigenvalue weighted by atomic mass is 10.2. The third kappa shape index (κ3) is 4.82. The number of hydrogen-bond acceptors (Lipinski definition) is 5. The smallest absolute Gasteiger partial charge is 0.270 e. The molecular formula is C16H21N5O. The molecule has 1 heterocycles. The molecule has 0 aliphatic carbocycles. The van der Waals surface area contributed by atoms with E-state index in [1.807, 2.05) is 50.2 Å². The van der Waals surface area contributed by atoms with E-state index in [1.165, 1.54) is 0 Å². The zero-order valence-corrected chi connectivity index (χ0v) is 13.1. The van der Waals surface area contributed by atoms with E-state index in [4.69, 9.17) is 0 Å². The van der Waals surface area contributed by atoms with Gasteiger partial charge >= 0.3 is 0 Å². The Bertz CT molecular complexity index is 642. The molecule has 1 amide bonds. The molecule has 0 radical (unpaired) electrons. The number of rotatable bonds is 6. The minimum Gasteiger partial charge on any atom is -0.349 e. The monoisotopic (exact) mass is 299 g/mol. The summed E-state index contributed by atoms with van der Waals surface area (Å²) in [6.45, 7) is 3.38. The standard InChI is InChI=1S/C16H21N5O/c1-12-5-4-6-13(11-12)19-16-18-8-7-14(20-16)15(22)17-9-10-21(2)3/h4-8,11H,9-10H2,1-3H3,(H,17,22)(H,18,19,20). The van der Waals surface area contributed by atoms with Crippen molar-refractivity contribution in [1.82, 2.24) is 20.2 Å². The molecule has 0 saturated heterocycles. The molecule has 0 aliphatic rings. The van der Waals surface area contributed by atoms with Gasteiger partial charge in [-0.05, 0) is 44.8 Å². The maximum Gasteiger partial charge on any atom is 0.270 e. The fourth-order valence-electron chi connectivity index (χ4n) is 1.88. The highest BCUT2D eigenvalue weighted by molar-refractivity contribution is 5.92. The predicted octanol–water partition coefficient (Wildman–Crippen LogP) is 1.82. The number of amides is 1. The second-order valence-electron chi connectivity index (χ2n) is 5.32. The van der Waals surface area contributed by atoms with E-state index in [2.05, 4.69) is 20.6 Å². The van der Waals surface area contributed by atoms with E-state index in [0.29, 0.717) is 18.2 Å². The Kier molecular flexibility index (Phi) is 5.43. The molecule has 0 bridgehead atoms. The molecule has 22 heavy (non-hydrogen) atoms. The molecule has 1 aromatic carbocycles. The molecule has 2 N–H and O–H groups in total. The molecule has 116 valence electrons. The topological polar surface area (TPSA) is 70.2 Å². The average Bonchev–Trinajstić information content (AvgIpc) is 2.47. The minimum atomic E-state index is -0.198. The van der Waals surface area contributed by atoms with Gasteiger partial charge in [-0.2, -0.15) is 0 Å². The maximum atomic E-state index is 12.0. The summed E-state index contributed by atoms with van der Waals surface area (Å²) in [7, 11) is 3.92. The molecule has 0 fully saturated rings. The van der Waals surface area contributed by atoms with Crippen LogP contribution in [0.15, 0.2) is 36.5 Å². The lowest BCUT2D eigenvalue weighted by Crippen LogP contribution is -2.31. The average molecular weight is 299 g/mol. The summed E-state index contributed by atoms with van der Waals surface area (Å²) in [6, 6.07) is 9.50. The van der Waals surface area contributed by atoms with Crippen molar-refractivity contribution in [2.75, 3.05) is 32.5 Å². The maximum absolute atomic E-state index is 12.0. The second kappa shape index (κ2) is 7.51. The Balaban J connectivity index is 2.01.